The van der Waals surface area contributed by atoms with Gasteiger partial charge in [0.05, 0.1) is 6.42 Å². The van der Waals surface area contributed by atoms with Crippen molar-refractivity contribution in [3.63, 3.8) is 0 Å². The summed E-state index contributed by atoms with van der Waals surface area (Å²) in [6, 6.07) is 3.95. The standard InChI is InChI=1S/C12H15NO2/c1-8-6-9(2)12(13)10(7-8)4-3-5-11(14)15/h3-4,6-7H,5,13H2,1-2H3,(H,14,15). The molecule has 0 atom stereocenters. The van der Waals surface area contributed by atoms with Crippen LogP contribution in [0, 0.1) is 13.8 Å². The van der Waals surface area contributed by atoms with E-state index in [1.807, 2.05) is 26.0 Å². The molecule has 3 heteroatoms. The van der Waals surface area contributed by atoms with Crippen LogP contribution in [0.2, 0.25) is 0 Å². The Balaban J connectivity index is 2.94. The van der Waals surface area contributed by atoms with E-state index >= 15 is 0 Å². The third-order valence-corrected chi connectivity index (χ3v) is 2.15. The highest BCUT2D eigenvalue weighted by atomic mass is 16.4. The number of hydrogen-bond donors (Lipinski definition) is 2. The second-order valence-corrected chi connectivity index (χ2v) is 3.58. The maximum Gasteiger partial charge on any atom is 0.307 e. The highest BCUT2D eigenvalue weighted by Gasteiger charge is 2.00. The Morgan fingerprint density at radius 2 is 2.13 bits per heavy atom. The number of hydrogen-bond acceptors (Lipinski definition) is 2. The fourth-order valence-electron chi connectivity index (χ4n) is 1.44. The SMILES string of the molecule is Cc1cc(C)c(N)c(C=CCC(=O)O)c1. The molecule has 0 aromatic heterocycles. The van der Waals surface area contributed by atoms with Gasteiger partial charge >= 0.3 is 5.97 Å². The van der Waals surface area contributed by atoms with Gasteiger partial charge in [-0.1, -0.05) is 23.8 Å². The molecule has 3 nitrogen and oxygen atoms in total. The first-order valence-electron chi connectivity index (χ1n) is 4.75. The lowest BCUT2D eigenvalue weighted by Crippen LogP contribution is -1.95. The van der Waals surface area contributed by atoms with E-state index in [0.29, 0.717) is 5.69 Å². The highest BCUT2D eigenvalue weighted by Crippen LogP contribution is 2.20. The third-order valence-electron chi connectivity index (χ3n) is 2.15. The van der Waals surface area contributed by atoms with Crippen LogP contribution in [0.3, 0.4) is 0 Å². The molecule has 1 aromatic rings. The smallest absolute Gasteiger partial charge is 0.307 e. The number of benzene rings is 1. The normalized spacial score (nSPS) is 10.8. The lowest BCUT2D eigenvalue weighted by atomic mass is 10.0. The number of aliphatic carboxylic acids is 1. The van der Waals surface area contributed by atoms with E-state index in [-0.39, 0.29) is 6.42 Å². The molecule has 15 heavy (non-hydrogen) atoms. The molecule has 0 fully saturated rings. The minimum Gasteiger partial charge on any atom is -0.481 e. The van der Waals surface area contributed by atoms with Crippen molar-refractivity contribution in [1.82, 2.24) is 0 Å². The molecule has 1 rings (SSSR count). The van der Waals surface area contributed by atoms with Crippen molar-refractivity contribution in [2.75, 3.05) is 5.73 Å². The van der Waals surface area contributed by atoms with E-state index < -0.39 is 5.97 Å². The number of anilines is 1. The predicted molar refractivity (Wildman–Crippen MR) is 61.6 cm³/mol. The van der Waals surface area contributed by atoms with Gasteiger partial charge in [-0.25, -0.2) is 0 Å². The van der Waals surface area contributed by atoms with E-state index in [4.69, 9.17) is 10.8 Å². The maximum atomic E-state index is 10.3. The first kappa shape index (κ1) is 11.3. The number of carboxylic acid groups (broad SMARTS) is 1. The Morgan fingerprint density at radius 3 is 2.73 bits per heavy atom. The third kappa shape index (κ3) is 3.13. The summed E-state index contributed by atoms with van der Waals surface area (Å²) in [7, 11) is 0. The molecule has 0 radical (unpaired) electrons. The molecule has 0 spiro atoms. The second kappa shape index (κ2) is 4.64. The van der Waals surface area contributed by atoms with Crippen LogP contribution < -0.4 is 5.73 Å². The summed E-state index contributed by atoms with van der Waals surface area (Å²) in [5, 5.41) is 8.49. The molecule has 0 bridgehead atoms. The van der Waals surface area contributed by atoms with Crippen LogP contribution in [0.15, 0.2) is 18.2 Å². The van der Waals surface area contributed by atoms with Crippen molar-refractivity contribution in [2.24, 2.45) is 0 Å². The number of carboxylic acids is 1. The molecule has 0 aliphatic rings. The largest absolute Gasteiger partial charge is 0.481 e. The lowest BCUT2D eigenvalue weighted by molar-refractivity contribution is -0.135. The van der Waals surface area contributed by atoms with Crippen molar-refractivity contribution in [1.29, 1.82) is 0 Å². The fraction of sp³-hybridized carbons (Fsp3) is 0.250. The summed E-state index contributed by atoms with van der Waals surface area (Å²) in [6.07, 6.45) is 3.38. The molecule has 0 saturated carbocycles. The van der Waals surface area contributed by atoms with E-state index in [2.05, 4.69) is 0 Å². The Bertz CT molecular complexity index is 408. The molecule has 0 heterocycles. The van der Waals surface area contributed by atoms with Crippen LogP contribution in [0.1, 0.15) is 23.1 Å². The number of carbonyl (C=O) groups is 1. The van der Waals surface area contributed by atoms with Gasteiger partial charge in [0.2, 0.25) is 0 Å². The zero-order valence-corrected chi connectivity index (χ0v) is 8.95. The summed E-state index contributed by atoms with van der Waals surface area (Å²) >= 11 is 0. The molecule has 80 valence electrons. The van der Waals surface area contributed by atoms with Gasteiger partial charge in [-0.05, 0) is 31.0 Å². The summed E-state index contributed by atoms with van der Waals surface area (Å²) < 4.78 is 0. The summed E-state index contributed by atoms with van der Waals surface area (Å²) in [5.41, 5.74) is 9.60. The fourth-order valence-corrected chi connectivity index (χ4v) is 1.44. The Kier molecular flexibility index (Phi) is 3.50. The molecule has 0 amide bonds. The minimum atomic E-state index is -0.839. The predicted octanol–water partition coefficient (Wildman–Crippen LogP) is 2.37. The lowest BCUT2D eigenvalue weighted by Gasteiger charge is -2.06. The minimum absolute atomic E-state index is 0.0203. The highest BCUT2D eigenvalue weighted by molar-refractivity contribution is 5.73. The van der Waals surface area contributed by atoms with Gasteiger partial charge in [0.1, 0.15) is 0 Å². The molecule has 3 N–H and O–H groups in total. The quantitative estimate of drug-likeness (QED) is 0.744. The number of nitrogens with two attached hydrogens (primary N) is 1. The van der Waals surface area contributed by atoms with Crippen molar-refractivity contribution in [3.05, 3.63) is 34.9 Å². The van der Waals surface area contributed by atoms with Crippen molar-refractivity contribution in [3.8, 4) is 0 Å². The average molecular weight is 205 g/mol. The number of nitrogen functional groups attached to an aromatic ring is 1. The van der Waals surface area contributed by atoms with Crippen molar-refractivity contribution >= 4 is 17.7 Å². The Morgan fingerprint density at radius 1 is 1.47 bits per heavy atom. The van der Waals surface area contributed by atoms with Crippen LogP contribution in [-0.2, 0) is 4.79 Å². The van der Waals surface area contributed by atoms with Crippen LogP contribution in [0.25, 0.3) is 6.08 Å². The molecule has 1 aromatic carbocycles. The first-order chi connectivity index (χ1) is 7.00. The summed E-state index contributed by atoms with van der Waals surface area (Å²) in [6.45, 7) is 3.93. The van der Waals surface area contributed by atoms with E-state index in [0.717, 1.165) is 16.7 Å². The van der Waals surface area contributed by atoms with Crippen molar-refractivity contribution < 1.29 is 9.90 Å². The van der Waals surface area contributed by atoms with Gasteiger partial charge in [0.25, 0.3) is 0 Å². The molecule has 0 unspecified atom stereocenters. The monoisotopic (exact) mass is 205 g/mol. The van der Waals surface area contributed by atoms with E-state index in [9.17, 15) is 4.79 Å². The first-order valence-corrected chi connectivity index (χ1v) is 4.75. The number of aryl methyl sites for hydroxylation is 2. The Hall–Kier alpha value is -1.77. The number of rotatable bonds is 3. The van der Waals surface area contributed by atoms with Gasteiger partial charge < -0.3 is 10.8 Å². The van der Waals surface area contributed by atoms with Crippen LogP contribution in [-0.4, -0.2) is 11.1 Å². The van der Waals surface area contributed by atoms with Gasteiger partial charge in [0, 0.05) is 5.69 Å². The molecule has 0 aliphatic carbocycles. The van der Waals surface area contributed by atoms with Crippen LogP contribution in [0.5, 0.6) is 0 Å². The Labute approximate surface area is 89.2 Å². The van der Waals surface area contributed by atoms with Gasteiger partial charge in [-0.2, -0.15) is 0 Å². The van der Waals surface area contributed by atoms with Gasteiger partial charge in [-0.3, -0.25) is 4.79 Å². The summed E-state index contributed by atoms with van der Waals surface area (Å²) in [5.74, 6) is -0.839. The topological polar surface area (TPSA) is 63.3 Å². The zero-order chi connectivity index (χ0) is 11.4. The maximum absolute atomic E-state index is 10.3. The van der Waals surface area contributed by atoms with E-state index in [1.54, 1.807) is 12.2 Å². The zero-order valence-electron chi connectivity index (χ0n) is 8.95. The van der Waals surface area contributed by atoms with Crippen molar-refractivity contribution in [2.45, 2.75) is 20.3 Å². The van der Waals surface area contributed by atoms with E-state index in [1.165, 1.54) is 0 Å². The van der Waals surface area contributed by atoms with Gasteiger partial charge in [-0.15, -0.1) is 0 Å². The van der Waals surface area contributed by atoms with Crippen LogP contribution >= 0.6 is 0 Å². The van der Waals surface area contributed by atoms with Gasteiger partial charge in [0.15, 0.2) is 0 Å². The summed E-state index contributed by atoms with van der Waals surface area (Å²) in [4.78, 5) is 10.3. The molecular formula is C12H15NO2. The second-order valence-electron chi connectivity index (χ2n) is 3.58. The van der Waals surface area contributed by atoms with Crippen LogP contribution in [0.4, 0.5) is 5.69 Å². The molecule has 0 saturated heterocycles. The molecular weight excluding hydrogens is 190 g/mol. The molecule has 0 aliphatic heterocycles. The average Bonchev–Trinajstić information content (AvgIpc) is 2.12.